The summed E-state index contributed by atoms with van der Waals surface area (Å²) in [5.41, 5.74) is 1.96. The average Bonchev–Trinajstić information content (AvgIpc) is 2.53. The van der Waals surface area contributed by atoms with Gasteiger partial charge in [-0.3, -0.25) is 0 Å². The van der Waals surface area contributed by atoms with Gasteiger partial charge in [-0.25, -0.2) is 9.97 Å². The fourth-order valence-corrected chi connectivity index (χ4v) is 2.71. The van der Waals surface area contributed by atoms with Crippen molar-refractivity contribution in [1.29, 1.82) is 0 Å². The third kappa shape index (κ3) is 1.97. The lowest BCUT2D eigenvalue weighted by atomic mass is 10.1. The number of rotatable bonds is 2. The summed E-state index contributed by atoms with van der Waals surface area (Å²) in [6, 6.07) is 0. The van der Waals surface area contributed by atoms with Crippen molar-refractivity contribution in [2.45, 2.75) is 33.1 Å². The zero-order valence-electron chi connectivity index (χ0n) is 10.4. The van der Waals surface area contributed by atoms with Gasteiger partial charge in [0.2, 0.25) is 0 Å². The Balaban J connectivity index is 2.91. The summed E-state index contributed by atoms with van der Waals surface area (Å²) in [6.07, 6.45) is 0.829. The highest BCUT2D eigenvalue weighted by atomic mass is 79.9. The predicted octanol–water partition coefficient (Wildman–Crippen LogP) is 4.07. The third-order valence-electron chi connectivity index (χ3n) is 2.84. The second-order valence-electron chi connectivity index (χ2n) is 4.40. The molecule has 0 aliphatic carbocycles. The van der Waals surface area contributed by atoms with Gasteiger partial charge in [0.15, 0.2) is 0 Å². The Hall–Kier alpha value is -0.610. The molecular formula is C12H15BrClN3. The van der Waals surface area contributed by atoms with E-state index in [4.69, 9.17) is 11.6 Å². The van der Waals surface area contributed by atoms with Gasteiger partial charge in [-0.1, -0.05) is 32.4 Å². The van der Waals surface area contributed by atoms with E-state index in [-0.39, 0.29) is 0 Å². The molecule has 5 heteroatoms. The van der Waals surface area contributed by atoms with Gasteiger partial charge < -0.3 is 4.57 Å². The molecule has 0 spiro atoms. The Bertz CT molecular complexity index is 575. The molecule has 0 N–H and O–H groups in total. The van der Waals surface area contributed by atoms with Crippen LogP contribution in [0.2, 0.25) is 5.15 Å². The molecular weight excluding hydrogens is 302 g/mol. The molecule has 0 fully saturated rings. The Morgan fingerprint density at radius 3 is 2.53 bits per heavy atom. The highest BCUT2D eigenvalue weighted by molar-refractivity contribution is 9.10. The van der Waals surface area contributed by atoms with Crippen LogP contribution in [0.25, 0.3) is 11.0 Å². The maximum Gasteiger partial charge on any atom is 0.146 e. The Morgan fingerprint density at radius 2 is 2.00 bits per heavy atom. The molecule has 0 aromatic carbocycles. The molecule has 0 saturated heterocycles. The third-order valence-corrected chi connectivity index (χ3v) is 4.28. The second kappa shape index (κ2) is 4.58. The number of hydrogen-bond donors (Lipinski definition) is 0. The Kier molecular flexibility index (Phi) is 3.46. The summed E-state index contributed by atoms with van der Waals surface area (Å²) >= 11 is 9.78. The zero-order chi connectivity index (χ0) is 12.7. The monoisotopic (exact) mass is 315 g/mol. The molecule has 0 aliphatic rings. The fraction of sp³-hybridized carbons (Fsp3) is 0.500. The van der Waals surface area contributed by atoms with Crippen LogP contribution in [0.15, 0.2) is 4.47 Å². The maximum absolute atomic E-state index is 6.24. The number of aryl methyl sites for hydroxylation is 2. The van der Waals surface area contributed by atoms with Crippen LogP contribution in [0.1, 0.15) is 38.2 Å². The highest BCUT2D eigenvalue weighted by Crippen LogP contribution is 2.36. The van der Waals surface area contributed by atoms with Crippen molar-refractivity contribution in [3.63, 3.8) is 0 Å². The molecule has 0 saturated carbocycles. The van der Waals surface area contributed by atoms with E-state index in [1.54, 1.807) is 0 Å². The summed E-state index contributed by atoms with van der Waals surface area (Å²) in [7, 11) is 1.92. The summed E-state index contributed by atoms with van der Waals surface area (Å²) in [4.78, 5) is 9.18. The van der Waals surface area contributed by atoms with E-state index < -0.39 is 0 Å². The van der Waals surface area contributed by atoms with E-state index in [0.717, 1.165) is 33.4 Å². The number of halogens is 2. The molecule has 0 radical (unpaired) electrons. The minimum Gasteiger partial charge on any atom is -0.318 e. The summed E-state index contributed by atoms with van der Waals surface area (Å²) in [5.74, 6) is 1.21. The Labute approximate surface area is 114 Å². The summed E-state index contributed by atoms with van der Waals surface area (Å²) in [5, 5.41) is 1.70. The van der Waals surface area contributed by atoms with Crippen molar-refractivity contribution in [3.05, 3.63) is 21.1 Å². The summed E-state index contributed by atoms with van der Waals surface area (Å²) in [6.45, 7) is 6.33. The minimum atomic E-state index is 0.348. The SMILES string of the molecule is CCc1nc(C(C)C)c2c(Br)c(Cl)n(C)c2n1. The van der Waals surface area contributed by atoms with Crippen LogP contribution in [0, 0.1) is 0 Å². The molecule has 2 heterocycles. The topological polar surface area (TPSA) is 30.7 Å². The molecule has 0 aliphatic heterocycles. The molecule has 17 heavy (non-hydrogen) atoms. The van der Waals surface area contributed by atoms with Crippen molar-refractivity contribution < 1.29 is 0 Å². The highest BCUT2D eigenvalue weighted by Gasteiger charge is 2.19. The average molecular weight is 317 g/mol. The van der Waals surface area contributed by atoms with Crippen LogP contribution in [0.5, 0.6) is 0 Å². The first-order chi connectivity index (χ1) is 7.97. The van der Waals surface area contributed by atoms with Crippen LogP contribution in [-0.4, -0.2) is 14.5 Å². The Morgan fingerprint density at radius 1 is 1.35 bits per heavy atom. The van der Waals surface area contributed by atoms with Crippen molar-refractivity contribution in [2.75, 3.05) is 0 Å². The van der Waals surface area contributed by atoms with Crippen molar-refractivity contribution in [1.82, 2.24) is 14.5 Å². The molecule has 0 bridgehead atoms. The van der Waals surface area contributed by atoms with E-state index in [2.05, 4.69) is 46.7 Å². The van der Waals surface area contributed by atoms with Crippen molar-refractivity contribution in [2.24, 2.45) is 7.05 Å². The van der Waals surface area contributed by atoms with E-state index in [9.17, 15) is 0 Å². The molecule has 2 aromatic rings. The smallest absolute Gasteiger partial charge is 0.146 e. The molecule has 0 atom stereocenters. The minimum absolute atomic E-state index is 0.348. The first kappa shape index (κ1) is 12.8. The largest absolute Gasteiger partial charge is 0.318 e. The number of hydrogen-bond acceptors (Lipinski definition) is 2. The van der Waals surface area contributed by atoms with E-state index in [1.807, 2.05) is 11.6 Å². The number of fused-ring (bicyclic) bond motifs is 1. The fourth-order valence-electron chi connectivity index (χ4n) is 1.89. The second-order valence-corrected chi connectivity index (χ2v) is 5.55. The number of nitrogens with zero attached hydrogens (tertiary/aromatic N) is 3. The van der Waals surface area contributed by atoms with E-state index in [1.165, 1.54) is 0 Å². The van der Waals surface area contributed by atoms with Crippen LogP contribution in [-0.2, 0) is 13.5 Å². The van der Waals surface area contributed by atoms with Crippen LogP contribution in [0.3, 0.4) is 0 Å². The van der Waals surface area contributed by atoms with Gasteiger partial charge in [-0.2, -0.15) is 0 Å². The van der Waals surface area contributed by atoms with E-state index in [0.29, 0.717) is 11.1 Å². The predicted molar refractivity (Wildman–Crippen MR) is 74.7 cm³/mol. The lowest BCUT2D eigenvalue weighted by Crippen LogP contribution is -2.03. The lowest BCUT2D eigenvalue weighted by molar-refractivity contribution is 0.798. The standard InChI is InChI=1S/C12H15BrClN3/c1-5-7-15-10(6(2)3)8-9(13)11(14)17(4)12(8)16-7/h6H,5H2,1-4H3. The van der Waals surface area contributed by atoms with Gasteiger partial charge >= 0.3 is 0 Å². The van der Waals surface area contributed by atoms with Gasteiger partial charge in [0, 0.05) is 13.5 Å². The first-order valence-corrected chi connectivity index (χ1v) is 6.84. The van der Waals surface area contributed by atoms with Crippen LogP contribution < -0.4 is 0 Å². The van der Waals surface area contributed by atoms with E-state index >= 15 is 0 Å². The van der Waals surface area contributed by atoms with Gasteiger partial charge in [0.25, 0.3) is 0 Å². The molecule has 0 unspecified atom stereocenters. The van der Waals surface area contributed by atoms with Crippen molar-refractivity contribution >= 4 is 38.6 Å². The van der Waals surface area contributed by atoms with Gasteiger partial charge in [0.1, 0.15) is 16.6 Å². The first-order valence-electron chi connectivity index (χ1n) is 5.67. The van der Waals surface area contributed by atoms with Gasteiger partial charge in [-0.15, -0.1) is 0 Å². The zero-order valence-corrected chi connectivity index (χ0v) is 12.7. The van der Waals surface area contributed by atoms with Crippen molar-refractivity contribution in [3.8, 4) is 0 Å². The maximum atomic E-state index is 6.24. The summed E-state index contributed by atoms with van der Waals surface area (Å²) < 4.78 is 2.79. The van der Waals surface area contributed by atoms with Gasteiger partial charge in [-0.05, 0) is 21.8 Å². The molecule has 92 valence electrons. The molecule has 0 amide bonds. The molecule has 2 aromatic heterocycles. The molecule has 3 nitrogen and oxygen atoms in total. The van der Waals surface area contributed by atoms with Gasteiger partial charge in [0.05, 0.1) is 15.6 Å². The normalized spacial score (nSPS) is 11.7. The number of aromatic nitrogens is 3. The van der Waals surface area contributed by atoms with Crippen LogP contribution >= 0.6 is 27.5 Å². The molecule has 2 rings (SSSR count). The lowest BCUT2D eigenvalue weighted by Gasteiger charge is -2.08. The quantitative estimate of drug-likeness (QED) is 0.836. The van der Waals surface area contributed by atoms with Crippen LogP contribution in [0.4, 0.5) is 0 Å².